The zero-order chi connectivity index (χ0) is 18.3. The van der Waals surface area contributed by atoms with E-state index in [2.05, 4.69) is 4.57 Å². The van der Waals surface area contributed by atoms with Crippen molar-refractivity contribution in [2.24, 2.45) is 5.92 Å². The second kappa shape index (κ2) is 6.67. The molecule has 0 saturated heterocycles. The highest BCUT2D eigenvalue weighted by Gasteiger charge is 2.24. The summed E-state index contributed by atoms with van der Waals surface area (Å²) in [5.41, 5.74) is 2.50. The first-order valence-corrected chi connectivity index (χ1v) is 9.43. The summed E-state index contributed by atoms with van der Waals surface area (Å²) in [6.45, 7) is 2.87. The van der Waals surface area contributed by atoms with Crippen LogP contribution >= 0.6 is 0 Å². The van der Waals surface area contributed by atoms with Crippen molar-refractivity contribution < 1.29 is 14.6 Å². The van der Waals surface area contributed by atoms with E-state index < -0.39 is 0 Å². The van der Waals surface area contributed by atoms with E-state index in [9.17, 15) is 9.90 Å². The molecule has 1 heterocycles. The number of hydrogen-bond donors (Lipinski definition) is 1. The molecule has 0 atom stereocenters. The number of aromatic nitrogens is 1. The third-order valence-electron chi connectivity index (χ3n) is 5.93. The first-order chi connectivity index (χ1) is 12.6. The molecule has 136 valence electrons. The summed E-state index contributed by atoms with van der Waals surface area (Å²) in [5.74, 6) is 0.629. The van der Waals surface area contributed by atoms with Crippen LogP contribution in [0.4, 0.5) is 0 Å². The number of hydrogen-bond acceptors (Lipinski definition) is 3. The van der Waals surface area contributed by atoms with Crippen LogP contribution < -0.4 is 0 Å². The van der Waals surface area contributed by atoms with E-state index in [1.165, 1.54) is 32.8 Å². The van der Waals surface area contributed by atoms with E-state index in [1.54, 1.807) is 6.07 Å². The Morgan fingerprint density at radius 3 is 2.58 bits per heavy atom. The van der Waals surface area contributed by atoms with Crippen molar-refractivity contribution in [1.29, 1.82) is 0 Å². The van der Waals surface area contributed by atoms with Gasteiger partial charge in [-0.15, -0.1) is 0 Å². The number of ether oxygens (including phenoxy) is 1. The number of nitrogens with zero attached hydrogens (tertiary/aromatic N) is 1. The van der Waals surface area contributed by atoms with Crippen LogP contribution in [0.2, 0.25) is 0 Å². The van der Waals surface area contributed by atoms with Crippen molar-refractivity contribution in [2.75, 3.05) is 7.11 Å². The van der Waals surface area contributed by atoms with Crippen LogP contribution in [0.5, 0.6) is 5.75 Å². The van der Waals surface area contributed by atoms with Crippen LogP contribution in [0.25, 0.3) is 21.7 Å². The van der Waals surface area contributed by atoms with Gasteiger partial charge < -0.3 is 14.4 Å². The van der Waals surface area contributed by atoms with Gasteiger partial charge in [0.05, 0.1) is 18.2 Å². The van der Waals surface area contributed by atoms with Crippen molar-refractivity contribution in [3.8, 4) is 5.75 Å². The van der Waals surface area contributed by atoms with Crippen molar-refractivity contribution in [3.63, 3.8) is 0 Å². The maximum atomic E-state index is 12.5. The number of aryl methyl sites for hydroxylation is 1. The molecule has 0 spiro atoms. The summed E-state index contributed by atoms with van der Waals surface area (Å²) in [4.78, 5) is 12.5. The van der Waals surface area contributed by atoms with Crippen LogP contribution in [-0.2, 0) is 11.3 Å². The van der Waals surface area contributed by atoms with Crippen molar-refractivity contribution in [2.45, 2.75) is 45.6 Å². The van der Waals surface area contributed by atoms with Crippen LogP contribution in [-0.4, -0.2) is 22.8 Å². The zero-order valence-corrected chi connectivity index (χ0v) is 15.4. The smallest absolute Gasteiger partial charge is 0.340 e. The van der Waals surface area contributed by atoms with Crippen molar-refractivity contribution in [1.82, 2.24) is 4.57 Å². The van der Waals surface area contributed by atoms with Gasteiger partial charge in [-0.05, 0) is 25.3 Å². The molecule has 1 fully saturated rings. The molecule has 3 aromatic rings. The van der Waals surface area contributed by atoms with E-state index in [4.69, 9.17) is 4.74 Å². The minimum absolute atomic E-state index is 0.200. The molecule has 4 rings (SSSR count). The highest BCUT2D eigenvalue weighted by molar-refractivity contribution is 6.16. The van der Waals surface area contributed by atoms with Crippen LogP contribution in [0.3, 0.4) is 0 Å². The number of benzene rings is 2. The Bertz CT molecular complexity index is 980. The van der Waals surface area contributed by atoms with E-state index in [0.29, 0.717) is 5.56 Å². The molecule has 1 N–H and O–H groups in total. The summed E-state index contributed by atoms with van der Waals surface area (Å²) in [5, 5.41) is 13.1. The standard InChI is InChI=1S/C22H25NO3/c1-14-20(22(25)26-2)18-13-19(24)16-9-5-6-10-17(16)21(18)23(14)12-11-15-7-3-4-8-15/h5-6,9-10,13,15,24H,3-4,7-8,11-12H2,1-2H3. The molecule has 1 aromatic heterocycles. The number of carbonyl (C=O) groups is 1. The Labute approximate surface area is 153 Å². The summed E-state index contributed by atoms with van der Waals surface area (Å²) in [7, 11) is 1.41. The minimum Gasteiger partial charge on any atom is -0.507 e. The number of rotatable bonds is 4. The lowest BCUT2D eigenvalue weighted by Gasteiger charge is -2.14. The second-order valence-corrected chi connectivity index (χ2v) is 7.38. The lowest BCUT2D eigenvalue weighted by molar-refractivity contribution is 0.0602. The molecule has 0 amide bonds. The van der Waals surface area contributed by atoms with Gasteiger partial charge in [0, 0.05) is 28.4 Å². The molecule has 26 heavy (non-hydrogen) atoms. The monoisotopic (exact) mass is 351 g/mol. The van der Waals surface area contributed by atoms with Gasteiger partial charge in [0.25, 0.3) is 0 Å². The first kappa shape index (κ1) is 17.0. The average molecular weight is 351 g/mol. The number of aromatic hydroxyl groups is 1. The van der Waals surface area contributed by atoms with Crippen LogP contribution in [0.1, 0.15) is 48.2 Å². The first-order valence-electron chi connectivity index (χ1n) is 9.43. The predicted molar refractivity (Wildman–Crippen MR) is 104 cm³/mol. The molecule has 4 nitrogen and oxygen atoms in total. The summed E-state index contributed by atoms with van der Waals surface area (Å²) in [6.07, 6.45) is 6.41. The van der Waals surface area contributed by atoms with Crippen LogP contribution in [0.15, 0.2) is 30.3 Å². The van der Waals surface area contributed by atoms with Gasteiger partial charge in [0.15, 0.2) is 0 Å². The van der Waals surface area contributed by atoms with Gasteiger partial charge in [-0.3, -0.25) is 0 Å². The highest BCUT2D eigenvalue weighted by atomic mass is 16.5. The Hall–Kier alpha value is -2.49. The van der Waals surface area contributed by atoms with E-state index >= 15 is 0 Å². The van der Waals surface area contributed by atoms with Crippen molar-refractivity contribution in [3.05, 3.63) is 41.6 Å². The number of phenolic OH excluding ortho intramolecular Hbond substituents is 1. The minimum atomic E-state index is -0.346. The Balaban J connectivity index is 1.94. The molecule has 4 heteroatoms. The molecule has 1 saturated carbocycles. The number of carbonyl (C=O) groups excluding carboxylic acids is 1. The summed E-state index contributed by atoms with van der Waals surface area (Å²) < 4.78 is 7.29. The summed E-state index contributed by atoms with van der Waals surface area (Å²) >= 11 is 0. The maximum absolute atomic E-state index is 12.5. The van der Waals surface area contributed by atoms with E-state index in [-0.39, 0.29) is 11.7 Å². The molecule has 0 aliphatic heterocycles. The molecular formula is C22H25NO3. The molecular weight excluding hydrogens is 326 g/mol. The lowest BCUT2D eigenvalue weighted by atomic mass is 10.0. The fraction of sp³-hybridized carbons (Fsp3) is 0.409. The molecule has 1 aliphatic carbocycles. The topological polar surface area (TPSA) is 51.5 Å². The van der Waals surface area contributed by atoms with E-state index in [1.807, 2.05) is 31.2 Å². The quantitative estimate of drug-likeness (QED) is 0.659. The predicted octanol–water partition coefficient (Wildman–Crippen LogP) is 5.18. The Kier molecular flexibility index (Phi) is 4.35. The highest BCUT2D eigenvalue weighted by Crippen LogP contribution is 2.38. The van der Waals surface area contributed by atoms with E-state index in [0.717, 1.165) is 46.3 Å². The number of phenols is 1. The van der Waals surface area contributed by atoms with Gasteiger partial charge in [0.2, 0.25) is 0 Å². The zero-order valence-electron chi connectivity index (χ0n) is 15.4. The third kappa shape index (κ3) is 2.64. The normalized spacial score (nSPS) is 15.2. The van der Waals surface area contributed by atoms with Gasteiger partial charge in [-0.1, -0.05) is 49.9 Å². The average Bonchev–Trinajstić information content (AvgIpc) is 3.26. The number of methoxy groups -OCH3 is 1. The van der Waals surface area contributed by atoms with Gasteiger partial charge in [0.1, 0.15) is 5.75 Å². The largest absolute Gasteiger partial charge is 0.507 e. The third-order valence-corrected chi connectivity index (χ3v) is 5.93. The molecule has 0 unspecified atom stereocenters. The van der Waals surface area contributed by atoms with Gasteiger partial charge in [-0.25, -0.2) is 4.79 Å². The van der Waals surface area contributed by atoms with Gasteiger partial charge in [-0.2, -0.15) is 0 Å². The molecule has 1 aliphatic rings. The fourth-order valence-electron chi connectivity index (χ4n) is 4.57. The molecule has 0 radical (unpaired) electrons. The summed E-state index contributed by atoms with van der Waals surface area (Å²) in [6, 6.07) is 9.55. The molecule has 0 bridgehead atoms. The van der Waals surface area contributed by atoms with Gasteiger partial charge >= 0.3 is 5.97 Å². The number of esters is 1. The second-order valence-electron chi connectivity index (χ2n) is 7.38. The SMILES string of the molecule is COC(=O)c1c(C)n(CCC2CCCC2)c2c1cc(O)c1ccccc12. The molecule has 2 aromatic carbocycles. The number of fused-ring (bicyclic) bond motifs is 3. The van der Waals surface area contributed by atoms with Crippen molar-refractivity contribution >= 4 is 27.6 Å². The Morgan fingerprint density at radius 1 is 1.19 bits per heavy atom. The Morgan fingerprint density at radius 2 is 1.88 bits per heavy atom. The lowest BCUT2D eigenvalue weighted by Crippen LogP contribution is -2.08. The fourth-order valence-corrected chi connectivity index (χ4v) is 4.57. The maximum Gasteiger partial charge on any atom is 0.340 e. The van der Waals surface area contributed by atoms with Crippen LogP contribution in [0, 0.1) is 12.8 Å².